The number of fused-ring (bicyclic) bond motifs is 3. The molecule has 4 aromatic rings. The van der Waals surface area contributed by atoms with E-state index in [9.17, 15) is 9.90 Å². The van der Waals surface area contributed by atoms with Gasteiger partial charge in [0, 0.05) is 56.1 Å². The Morgan fingerprint density at radius 3 is 2.19 bits per heavy atom. The van der Waals surface area contributed by atoms with Gasteiger partial charge in [-0.1, -0.05) is 73.6 Å². The predicted molar refractivity (Wildman–Crippen MR) is 172 cm³/mol. The molecule has 0 unspecified atom stereocenters. The summed E-state index contributed by atoms with van der Waals surface area (Å²) >= 11 is 0. The van der Waals surface area contributed by atoms with Crippen LogP contribution in [0.4, 0.5) is 0 Å². The van der Waals surface area contributed by atoms with Crippen LogP contribution in [0.3, 0.4) is 0 Å². The smallest absolute Gasteiger partial charge is 0.162 e. The molecule has 2 aromatic carbocycles. The van der Waals surface area contributed by atoms with E-state index >= 15 is 0 Å². The van der Waals surface area contributed by atoms with E-state index in [1.807, 2.05) is 27.7 Å². The molecule has 2 heterocycles. The van der Waals surface area contributed by atoms with Gasteiger partial charge in [-0.2, -0.15) is 0 Å². The van der Waals surface area contributed by atoms with Gasteiger partial charge in [0.2, 0.25) is 0 Å². The van der Waals surface area contributed by atoms with Crippen molar-refractivity contribution in [3.8, 4) is 11.3 Å². The molecule has 0 spiro atoms. The van der Waals surface area contributed by atoms with Crippen molar-refractivity contribution in [2.75, 3.05) is 0 Å². The van der Waals surface area contributed by atoms with Gasteiger partial charge in [-0.25, -0.2) is 4.98 Å². The number of carbonyl (C=O) groups is 1. The van der Waals surface area contributed by atoms with Crippen molar-refractivity contribution < 1.29 is 30.0 Å². The molecule has 0 aliphatic carbocycles. The monoisotopic (exact) mass is 747 g/mol. The van der Waals surface area contributed by atoms with Crippen LogP contribution in [0.15, 0.2) is 48.5 Å². The maximum absolute atomic E-state index is 11.7. The van der Waals surface area contributed by atoms with Crippen molar-refractivity contribution in [3.05, 3.63) is 71.3 Å². The van der Waals surface area contributed by atoms with Crippen LogP contribution in [0.1, 0.15) is 83.9 Å². The molecule has 5 nitrogen and oxygen atoms in total. The van der Waals surface area contributed by atoms with Crippen LogP contribution in [-0.2, 0) is 38.4 Å². The molecule has 1 radical (unpaired) electrons. The average molecular weight is 747 g/mol. The number of para-hydroxylation sites is 1. The molecule has 0 amide bonds. The number of rotatable bonds is 10. The number of carbonyl (C=O) groups excluding carboxylic acids is 1. The molecule has 0 atom stereocenters. The van der Waals surface area contributed by atoms with E-state index in [0.29, 0.717) is 5.92 Å². The van der Waals surface area contributed by atoms with Gasteiger partial charge in [0.15, 0.2) is 5.78 Å². The summed E-state index contributed by atoms with van der Waals surface area (Å²) < 4.78 is 2.27. The van der Waals surface area contributed by atoms with Gasteiger partial charge < -0.3 is 9.67 Å². The first-order valence-corrected chi connectivity index (χ1v) is 15.2. The van der Waals surface area contributed by atoms with Crippen LogP contribution in [0, 0.1) is 37.7 Å². The molecule has 2 aromatic heterocycles. The fourth-order valence-corrected chi connectivity index (χ4v) is 5.79. The number of ketones is 1. The molecule has 0 saturated heterocycles. The molecule has 4 rings (SSSR count). The molecule has 1 N–H and O–H groups in total. The topological polar surface area (TPSA) is 68.0 Å². The number of aryl methyl sites for hydroxylation is 3. The second kappa shape index (κ2) is 16.1. The number of aromatic nitrogens is 3. The maximum Gasteiger partial charge on any atom is 0.162 e. The number of hydrogen-bond acceptors (Lipinski definition) is 4. The molecular formula is C36H48IrN3O2-. The third-order valence-corrected chi connectivity index (χ3v) is 7.98. The van der Waals surface area contributed by atoms with Gasteiger partial charge in [0.1, 0.15) is 6.33 Å². The van der Waals surface area contributed by atoms with Crippen LogP contribution in [0.5, 0.6) is 0 Å². The Kier molecular flexibility index (Phi) is 13.6. The summed E-state index contributed by atoms with van der Waals surface area (Å²) in [4.78, 5) is 21.0. The average Bonchev–Trinajstić information content (AvgIpc) is 3.22. The summed E-state index contributed by atoms with van der Waals surface area (Å²) in [6.07, 6.45) is 7.64. The minimum absolute atomic E-state index is 0. The molecule has 229 valence electrons. The van der Waals surface area contributed by atoms with E-state index in [1.165, 1.54) is 28.1 Å². The van der Waals surface area contributed by atoms with Crippen molar-refractivity contribution in [1.82, 2.24) is 14.5 Å². The van der Waals surface area contributed by atoms with Crippen molar-refractivity contribution >= 4 is 27.7 Å². The Hall–Kier alpha value is -2.82. The molecule has 0 bridgehead atoms. The first-order chi connectivity index (χ1) is 19.6. The van der Waals surface area contributed by atoms with Crippen LogP contribution in [0.2, 0.25) is 0 Å². The second-order valence-electron chi connectivity index (χ2n) is 11.6. The Labute approximate surface area is 266 Å². The Morgan fingerprint density at radius 1 is 0.976 bits per heavy atom. The largest absolute Gasteiger partial charge is 0.512 e. The van der Waals surface area contributed by atoms with Crippen LogP contribution in [0.25, 0.3) is 33.2 Å². The zero-order valence-electron chi connectivity index (χ0n) is 26.8. The van der Waals surface area contributed by atoms with Gasteiger partial charge in [-0.15, -0.1) is 34.9 Å². The van der Waals surface area contributed by atoms with Gasteiger partial charge in [0.05, 0.1) is 22.3 Å². The summed E-state index contributed by atoms with van der Waals surface area (Å²) in [5.74, 6) is 1.16. The van der Waals surface area contributed by atoms with Crippen LogP contribution >= 0.6 is 0 Å². The fraction of sp³-hybridized carbons (Fsp3) is 0.472. The Morgan fingerprint density at radius 2 is 1.62 bits per heavy atom. The number of nitrogens with zero attached hydrogens (tertiary/aromatic N) is 3. The van der Waals surface area contributed by atoms with E-state index in [2.05, 4.69) is 85.7 Å². The molecular weight excluding hydrogens is 699 g/mol. The molecule has 42 heavy (non-hydrogen) atoms. The normalized spacial score (nSPS) is 11.8. The van der Waals surface area contributed by atoms with Crippen LogP contribution < -0.4 is 0 Å². The second-order valence-corrected chi connectivity index (χ2v) is 11.6. The summed E-state index contributed by atoms with van der Waals surface area (Å²) in [6.45, 7) is 16.8. The van der Waals surface area contributed by atoms with Crippen LogP contribution in [-0.4, -0.2) is 25.4 Å². The van der Waals surface area contributed by atoms with Gasteiger partial charge in [-0.3, -0.25) is 9.78 Å². The fourth-order valence-electron chi connectivity index (χ4n) is 5.79. The number of aliphatic hydroxyl groups excluding tert-OH is 1. The molecule has 0 fully saturated rings. The summed E-state index contributed by atoms with van der Waals surface area (Å²) in [5.41, 5.74) is 9.08. The van der Waals surface area contributed by atoms with Crippen molar-refractivity contribution in [1.29, 1.82) is 0 Å². The van der Waals surface area contributed by atoms with E-state index in [0.717, 1.165) is 60.0 Å². The van der Waals surface area contributed by atoms with Crippen molar-refractivity contribution in [2.45, 2.75) is 87.5 Å². The van der Waals surface area contributed by atoms with Gasteiger partial charge >= 0.3 is 0 Å². The quantitative estimate of drug-likeness (QED) is 0.0999. The maximum atomic E-state index is 11.7. The van der Waals surface area contributed by atoms with Crippen molar-refractivity contribution in [3.63, 3.8) is 0 Å². The first kappa shape index (κ1) is 35.4. The Bertz CT molecular complexity index is 1490. The minimum atomic E-state index is 0. The summed E-state index contributed by atoms with van der Waals surface area (Å²) in [5, 5.41) is 11.0. The molecule has 0 saturated carbocycles. The summed E-state index contributed by atoms with van der Waals surface area (Å²) in [6, 6.07) is 14.3. The number of benzene rings is 2. The Balaban J connectivity index is 0.000000334. The van der Waals surface area contributed by atoms with Gasteiger partial charge in [0.25, 0.3) is 0 Å². The summed E-state index contributed by atoms with van der Waals surface area (Å²) in [7, 11) is 2.13. The van der Waals surface area contributed by atoms with E-state index in [4.69, 9.17) is 0 Å². The van der Waals surface area contributed by atoms with E-state index in [-0.39, 0.29) is 43.5 Å². The third kappa shape index (κ3) is 8.17. The zero-order valence-corrected chi connectivity index (χ0v) is 29.2. The standard InChI is InChI=1S/C23H24N3.C13H24O2.Ir/c1-14(2)9-17-7-6-8-19-21-23(26(5)22(17)19)20(24-13-25-21)18-11-15(3)10-16(4)12-18;1-5-10(6-2)12(14)9-13(15)11(7-3)8-4;/h6-8,10-11,13-14H,9H2,1-5H3;9-11,14H,5-8H2,1-4H3;/q-1;;/b;12-9-;. The molecule has 0 aliphatic heterocycles. The number of allylic oxidation sites excluding steroid dienone is 2. The number of aliphatic hydroxyl groups is 1. The SMILES string of the molecule is CCC(CC)C(=O)/C=C(\O)C(CC)CC.Cc1[c-]c(-c2ncnc3c4cccc(CC(C)C)c4n(C)c23)cc(C)c1.[Ir]. The first-order valence-electron chi connectivity index (χ1n) is 15.2. The predicted octanol–water partition coefficient (Wildman–Crippen LogP) is 9.27. The van der Waals surface area contributed by atoms with Crippen molar-refractivity contribution in [2.24, 2.45) is 24.8 Å². The zero-order chi connectivity index (χ0) is 30.3. The number of hydrogen-bond donors (Lipinski definition) is 1. The van der Waals surface area contributed by atoms with Gasteiger partial charge in [-0.05, 0) is 43.6 Å². The molecule has 0 aliphatic rings. The van der Waals surface area contributed by atoms with E-state index < -0.39 is 0 Å². The van der Waals surface area contributed by atoms with E-state index in [1.54, 1.807) is 6.33 Å². The molecule has 6 heteroatoms. The third-order valence-electron chi connectivity index (χ3n) is 7.98. The minimum Gasteiger partial charge on any atom is -0.512 e.